The van der Waals surface area contributed by atoms with Gasteiger partial charge in [-0.15, -0.1) is 11.3 Å². The van der Waals surface area contributed by atoms with E-state index >= 15 is 0 Å². The van der Waals surface area contributed by atoms with E-state index in [1.165, 1.54) is 17.8 Å². The summed E-state index contributed by atoms with van der Waals surface area (Å²) in [4.78, 5) is 44.2. The molecular weight excluding hydrogens is 524 g/mol. The predicted molar refractivity (Wildman–Crippen MR) is 158 cm³/mol. The quantitative estimate of drug-likeness (QED) is 0.459. The molecule has 1 spiro atoms. The molecule has 8 nitrogen and oxygen atoms in total. The summed E-state index contributed by atoms with van der Waals surface area (Å²) in [7, 11) is 0. The van der Waals surface area contributed by atoms with Crippen LogP contribution in [0.15, 0.2) is 24.3 Å². The van der Waals surface area contributed by atoms with Gasteiger partial charge in [-0.1, -0.05) is 37.5 Å². The Morgan fingerprint density at radius 1 is 1.00 bits per heavy atom. The first-order valence-corrected chi connectivity index (χ1v) is 15.9. The van der Waals surface area contributed by atoms with Gasteiger partial charge in [0.05, 0.1) is 11.0 Å². The van der Waals surface area contributed by atoms with Gasteiger partial charge in [0.2, 0.25) is 0 Å². The predicted octanol–water partition coefficient (Wildman–Crippen LogP) is 5.77. The lowest BCUT2D eigenvalue weighted by atomic mass is 9.74. The van der Waals surface area contributed by atoms with Gasteiger partial charge in [0.15, 0.2) is 0 Å². The van der Waals surface area contributed by atoms with Gasteiger partial charge in [-0.3, -0.25) is 19.8 Å². The molecule has 3 amide bonds. The van der Waals surface area contributed by atoms with E-state index < -0.39 is 5.60 Å². The zero-order chi connectivity index (χ0) is 27.9. The maximum absolute atomic E-state index is 14.0. The highest BCUT2D eigenvalue weighted by Crippen LogP contribution is 2.47. The number of urea groups is 1. The molecule has 1 aromatic heterocycles. The van der Waals surface area contributed by atoms with E-state index in [-0.39, 0.29) is 29.4 Å². The van der Waals surface area contributed by atoms with Crippen LogP contribution in [-0.4, -0.2) is 71.6 Å². The van der Waals surface area contributed by atoms with Crippen molar-refractivity contribution in [3.63, 3.8) is 0 Å². The first-order valence-electron chi connectivity index (χ1n) is 15.1. The summed E-state index contributed by atoms with van der Waals surface area (Å²) in [6.45, 7) is 7.11. The number of esters is 1. The number of benzene rings is 1. The summed E-state index contributed by atoms with van der Waals surface area (Å²) in [5.41, 5.74) is -0.174. The van der Waals surface area contributed by atoms with Crippen LogP contribution in [0, 0.1) is 5.41 Å². The molecule has 2 aromatic rings. The number of rotatable bonds is 4. The summed E-state index contributed by atoms with van der Waals surface area (Å²) in [5.74, 6) is -0.0493. The fraction of sp³-hybridized carbons (Fsp3) is 0.645. The molecule has 4 heterocycles. The smallest absolute Gasteiger partial charge is 0.320 e. The van der Waals surface area contributed by atoms with E-state index in [1.54, 1.807) is 0 Å². The van der Waals surface area contributed by atoms with Crippen LogP contribution in [0.1, 0.15) is 88.4 Å². The van der Waals surface area contributed by atoms with Crippen LogP contribution in [-0.2, 0) is 9.53 Å². The lowest BCUT2D eigenvalue weighted by molar-refractivity contribution is -0.154. The lowest BCUT2D eigenvalue weighted by Crippen LogP contribution is -2.53. The molecular formula is C31H42N4O4S. The lowest BCUT2D eigenvalue weighted by Gasteiger charge is -2.44. The van der Waals surface area contributed by atoms with Crippen molar-refractivity contribution < 1.29 is 19.1 Å². The molecule has 1 saturated carbocycles. The number of hydrogen-bond acceptors (Lipinski definition) is 6. The highest BCUT2D eigenvalue weighted by atomic mass is 32.1. The van der Waals surface area contributed by atoms with Crippen LogP contribution in [0.5, 0.6) is 0 Å². The zero-order valence-electron chi connectivity index (χ0n) is 23.8. The van der Waals surface area contributed by atoms with Crippen molar-refractivity contribution in [2.75, 3.05) is 31.5 Å². The van der Waals surface area contributed by atoms with E-state index in [9.17, 15) is 14.4 Å². The minimum atomic E-state index is -0.391. The SMILES string of the molecule is CC1(C)CC2(CCCN(C3CCN(C(=O)c4c(NC(=O)NC5CCCCC5)sc5ccccc45)CC3)C2)C(=O)O1. The molecule has 1 atom stereocenters. The first kappa shape index (κ1) is 27.5. The van der Waals surface area contributed by atoms with Crippen molar-refractivity contribution in [2.24, 2.45) is 5.41 Å². The fourth-order valence-electron chi connectivity index (χ4n) is 7.58. The van der Waals surface area contributed by atoms with E-state index in [0.717, 1.165) is 81.0 Å². The third kappa shape index (κ3) is 5.47. The molecule has 216 valence electrons. The number of carbonyl (C=O) groups excluding carboxylic acids is 3. The van der Waals surface area contributed by atoms with Gasteiger partial charge in [-0.2, -0.15) is 0 Å². The van der Waals surface area contributed by atoms with Crippen molar-refractivity contribution in [1.82, 2.24) is 15.1 Å². The molecule has 4 fully saturated rings. The normalized spacial score (nSPS) is 26.2. The molecule has 3 aliphatic heterocycles. The van der Waals surface area contributed by atoms with Crippen LogP contribution in [0.25, 0.3) is 10.1 Å². The van der Waals surface area contributed by atoms with Crippen molar-refractivity contribution >= 4 is 44.3 Å². The van der Waals surface area contributed by atoms with E-state index in [0.29, 0.717) is 29.7 Å². The second-order valence-electron chi connectivity index (χ2n) is 12.9. The van der Waals surface area contributed by atoms with Crippen molar-refractivity contribution in [2.45, 2.75) is 95.7 Å². The topological polar surface area (TPSA) is 91.0 Å². The number of ether oxygens (including phenoxy) is 1. The Kier molecular flexibility index (Phi) is 7.55. The van der Waals surface area contributed by atoms with Gasteiger partial charge in [0, 0.05) is 48.2 Å². The van der Waals surface area contributed by atoms with E-state index in [4.69, 9.17) is 4.74 Å². The molecule has 2 N–H and O–H groups in total. The Labute approximate surface area is 240 Å². The van der Waals surface area contributed by atoms with Gasteiger partial charge in [0.1, 0.15) is 10.6 Å². The van der Waals surface area contributed by atoms with Crippen LogP contribution in [0.4, 0.5) is 9.80 Å². The van der Waals surface area contributed by atoms with E-state index in [1.807, 2.05) is 43.0 Å². The Balaban J connectivity index is 1.13. The number of fused-ring (bicyclic) bond motifs is 1. The maximum atomic E-state index is 14.0. The van der Waals surface area contributed by atoms with Crippen molar-refractivity contribution in [3.8, 4) is 0 Å². The summed E-state index contributed by atoms with van der Waals surface area (Å²) < 4.78 is 6.73. The Bertz CT molecular complexity index is 1280. The molecule has 0 radical (unpaired) electrons. The summed E-state index contributed by atoms with van der Waals surface area (Å²) in [5, 5.41) is 7.68. The highest BCUT2D eigenvalue weighted by Gasteiger charge is 2.54. The number of nitrogens with zero attached hydrogens (tertiary/aromatic N) is 2. The van der Waals surface area contributed by atoms with Crippen molar-refractivity contribution in [3.05, 3.63) is 29.8 Å². The standard InChI is InChI=1S/C31H42N4O4S/c1-30(2)19-31(28(37)39-30)15-8-16-35(20-31)22-13-17-34(18-14-22)27(36)25-23-11-6-7-12-24(23)40-26(25)33-29(38)32-21-9-4-3-5-10-21/h6-7,11-12,21-22H,3-5,8-10,13-20H2,1-2H3,(H2,32,33,38). The summed E-state index contributed by atoms with van der Waals surface area (Å²) in [6, 6.07) is 8.24. The number of piperidine rings is 2. The molecule has 0 bridgehead atoms. The molecule has 1 unspecified atom stereocenters. The van der Waals surface area contributed by atoms with Crippen LogP contribution >= 0.6 is 11.3 Å². The monoisotopic (exact) mass is 566 g/mol. The van der Waals surface area contributed by atoms with Gasteiger partial charge in [-0.25, -0.2) is 4.79 Å². The number of cyclic esters (lactones) is 1. The zero-order valence-corrected chi connectivity index (χ0v) is 24.6. The molecule has 40 heavy (non-hydrogen) atoms. The number of carbonyl (C=O) groups is 3. The van der Waals surface area contributed by atoms with Crippen LogP contribution in [0.2, 0.25) is 0 Å². The largest absolute Gasteiger partial charge is 0.459 e. The number of anilines is 1. The second-order valence-corrected chi connectivity index (χ2v) is 14.0. The minimum Gasteiger partial charge on any atom is -0.459 e. The number of hydrogen-bond donors (Lipinski definition) is 2. The molecule has 9 heteroatoms. The third-order valence-electron chi connectivity index (χ3n) is 9.42. The highest BCUT2D eigenvalue weighted by molar-refractivity contribution is 7.23. The molecule has 1 aromatic carbocycles. The fourth-order valence-corrected chi connectivity index (χ4v) is 8.67. The third-order valence-corrected chi connectivity index (χ3v) is 10.5. The Hall–Kier alpha value is -2.65. The molecule has 6 rings (SSSR count). The van der Waals surface area contributed by atoms with E-state index in [2.05, 4.69) is 15.5 Å². The van der Waals surface area contributed by atoms with Crippen LogP contribution in [0.3, 0.4) is 0 Å². The molecule has 3 saturated heterocycles. The number of likely N-dealkylation sites (tertiary alicyclic amines) is 2. The number of thiophene rings is 1. The average Bonchev–Trinajstić information content (AvgIpc) is 3.40. The first-order chi connectivity index (χ1) is 19.2. The summed E-state index contributed by atoms with van der Waals surface area (Å²) >= 11 is 1.47. The summed E-state index contributed by atoms with van der Waals surface area (Å²) in [6.07, 6.45) is 10.00. The van der Waals surface area contributed by atoms with Crippen LogP contribution < -0.4 is 10.6 Å². The molecule has 4 aliphatic rings. The van der Waals surface area contributed by atoms with Crippen molar-refractivity contribution in [1.29, 1.82) is 0 Å². The minimum absolute atomic E-state index is 0.0138. The maximum Gasteiger partial charge on any atom is 0.320 e. The second kappa shape index (κ2) is 11.0. The van der Waals surface area contributed by atoms with Gasteiger partial charge in [-0.05, 0) is 65.0 Å². The van der Waals surface area contributed by atoms with Gasteiger partial charge >= 0.3 is 12.0 Å². The molecule has 1 aliphatic carbocycles. The number of amides is 3. The van der Waals surface area contributed by atoms with Gasteiger partial charge < -0.3 is 15.0 Å². The van der Waals surface area contributed by atoms with Gasteiger partial charge in [0.25, 0.3) is 5.91 Å². The number of nitrogens with one attached hydrogen (secondary N) is 2. The Morgan fingerprint density at radius 3 is 2.48 bits per heavy atom. The average molecular weight is 567 g/mol. The Morgan fingerprint density at radius 2 is 1.75 bits per heavy atom.